The van der Waals surface area contributed by atoms with Gasteiger partial charge in [0.15, 0.2) is 0 Å². The lowest BCUT2D eigenvalue weighted by atomic mass is 9.96. The number of fused-ring (bicyclic) bond motifs is 1. The summed E-state index contributed by atoms with van der Waals surface area (Å²) in [6.07, 6.45) is 1.93. The summed E-state index contributed by atoms with van der Waals surface area (Å²) in [5.74, 6) is 0. The average molecular weight is 306 g/mol. The average Bonchev–Trinajstić information content (AvgIpc) is 3.06. The molecule has 0 aliphatic carbocycles. The molecule has 0 radical (unpaired) electrons. The molecule has 0 atom stereocenters. The molecule has 0 spiro atoms. The van der Waals surface area contributed by atoms with Crippen molar-refractivity contribution in [1.82, 2.24) is 20.0 Å². The van der Waals surface area contributed by atoms with Crippen LogP contribution in [0.1, 0.15) is 5.56 Å². The molecule has 3 aromatic rings. The number of nitrogens with one attached hydrogen (secondary N) is 1. The largest absolute Gasteiger partial charge is 0.304 e. The zero-order valence-electron chi connectivity index (χ0n) is 13.5. The number of aromatic amines is 1. The van der Waals surface area contributed by atoms with Crippen molar-refractivity contribution >= 4 is 10.9 Å². The Bertz CT molecular complexity index is 800. The first-order valence-corrected chi connectivity index (χ1v) is 8.22. The van der Waals surface area contributed by atoms with Gasteiger partial charge in [0.2, 0.25) is 0 Å². The van der Waals surface area contributed by atoms with Gasteiger partial charge in [-0.3, -0.25) is 10.00 Å². The van der Waals surface area contributed by atoms with Gasteiger partial charge in [-0.2, -0.15) is 5.10 Å². The Kier molecular flexibility index (Phi) is 3.85. The normalized spacial score (nSPS) is 16.9. The first kappa shape index (κ1) is 14.4. The molecule has 1 N–H and O–H groups in total. The third-order valence-electron chi connectivity index (χ3n) is 4.78. The van der Waals surface area contributed by atoms with Gasteiger partial charge >= 0.3 is 0 Å². The minimum absolute atomic E-state index is 1.01. The van der Waals surface area contributed by atoms with Crippen molar-refractivity contribution in [1.29, 1.82) is 0 Å². The Morgan fingerprint density at radius 1 is 0.957 bits per heavy atom. The summed E-state index contributed by atoms with van der Waals surface area (Å²) in [7, 11) is 2.20. The van der Waals surface area contributed by atoms with Crippen LogP contribution in [0.3, 0.4) is 0 Å². The van der Waals surface area contributed by atoms with E-state index in [0.29, 0.717) is 0 Å². The fourth-order valence-electron chi connectivity index (χ4n) is 3.37. The summed E-state index contributed by atoms with van der Waals surface area (Å²) in [5, 5.41) is 8.46. The van der Waals surface area contributed by atoms with E-state index in [1.165, 1.54) is 22.1 Å². The quantitative estimate of drug-likeness (QED) is 0.808. The maximum absolute atomic E-state index is 4.20. The van der Waals surface area contributed by atoms with Gasteiger partial charge in [-0.05, 0) is 29.8 Å². The summed E-state index contributed by atoms with van der Waals surface area (Å²) >= 11 is 0. The Hall–Kier alpha value is -2.17. The number of aromatic nitrogens is 2. The number of nitrogens with zero attached hydrogens (tertiary/aromatic N) is 3. The molecule has 2 heterocycles. The number of piperazine rings is 1. The molecule has 4 heteroatoms. The van der Waals surface area contributed by atoms with Crippen LogP contribution >= 0.6 is 0 Å². The molecular formula is C19H22N4. The van der Waals surface area contributed by atoms with Crippen LogP contribution in [0.5, 0.6) is 0 Å². The highest BCUT2D eigenvalue weighted by Crippen LogP contribution is 2.30. The van der Waals surface area contributed by atoms with Crippen LogP contribution < -0.4 is 0 Å². The molecule has 23 heavy (non-hydrogen) atoms. The second-order valence-electron chi connectivity index (χ2n) is 6.37. The molecule has 118 valence electrons. The molecule has 2 aromatic carbocycles. The first-order chi connectivity index (χ1) is 11.3. The van der Waals surface area contributed by atoms with Crippen LogP contribution in [0.15, 0.2) is 48.7 Å². The molecule has 0 amide bonds. The third-order valence-corrected chi connectivity index (χ3v) is 4.78. The highest BCUT2D eigenvalue weighted by Gasteiger charge is 2.16. The summed E-state index contributed by atoms with van der Waals surface area (Å²) in [5.41, 5.74) is 5.07. The second kappa shape index (κ2) is 6.14. The van der Waals surface area contributed by atoms with E-state index < -0.39 is 0 Å². The standard InChI is InChI=1S/C19H22N4/c1-22-9-11-23(12-10-22)14-15-5-2-3-6-16(15)17-7-4-8-19-18(17)13-20-21-19/h2-8,13H,9-12,14H2,1H3,(H,20,21). The van der Waals surface area contributed by atoms with Crippen molar-refractivity contribution in [3.63, 3.8) is 0 Å². The highest BCUT2D eigenvalue weighted by molar-refractivity contribution is 5.95. The molecule has 4 rings (SSSR count). The molecular weight excluding hydrogens is 284 g/mol. The van der Waals surface area contributed by atoms with E-state index in [0.717, 1.165) is 38.2 Å². The zero-order chi connectivity index (χ0) is 15.6. The predicted molar refractivity (Wildman–Crippen MR) is 94.3 cm³/mol. The fourth-order valence-corrected chi connectivity index (χ4v) is 3.37. The Balaban J connectivity index is 1.68. The molecule has 0 saturated carbocycles. The van der Waals surface area contributed by atoms with E-state index in [1.807, 2.05) is 6.20 Å². The van der Waals surface area contributed by atoms with Crippen molar-refractivity contribution in [2.45, 2.75) is 6.54 Å². The van der Waals surface area contributed by atoms with E-state index in [4.69, 9.17) is 0 Å². The summed E-state index contributed by atoms with van der Waals surface area (Å²) < 4.78 is 0. The van der Waals surface area contributed by atoms with Crippen LogP contribution in [-0.4, -0.2) is 53.2 Å². The van der Waals surface area contributed by atoms with E-state index >= 15 is 0 Å². The van der Waals surface area contributed by atoms with Crippen LogP contribution in [-0.2, 0) is 6.54 Å². The molecule has 0 bridgehead atoms. The minimum Gasteiger partial charge on any atom is -0.304 e. The van der Waals surface area contributed by atoms with Crippen molar-refractivity contribution in [2.75, 3.05) is 33.2 Å². The summed E-state index contributed by atoms with van der Waals surface area (Å²) in [6, 6.07) is 15.1. The Morgan fingerprint density at radius 3 is 2.61 bits per heavy atom. The van der Waals surface area contributed by atoms with Gasteiger partial charge in [-0.25, -0.2) is 0 Å². The maximum Gasteiger partial charge on any atom is 0.0656 e. The molecule has 1 saturated heterocycles. The van der Waals surface area contributed by atoms with Gasteiger partial charge in [0.25, 0.3) is 0 Å². The number of hydrogen-bond donors (Lipinski definition) is 1. The van der Waals surface area contributed by atoms with Crippen molar-refractivity contribution in [3.05, 3.63) is 54.2 Å². The Labute approximate surface area is 136 Å². The number of hydrogen-bond acceptors (Lipinski definition) is 3. The lowest BCUT2D eigenvalue weighted by Crippen LogP contribution is -2.43. The zero-order valence-corrected chi connectivity index (χ0v) is 13.5. The van der Waals surface area contributed by atoms with E-state index in [-0.39, 0.29) is 0 Å². The highest BCUT2D eigenvalue weighted by atomic mass is 15.2. The van der Waals surface area contributed by atoms with Crippen LogP contribution in [0.4, 0.5) is 0 Å². The molecule has 1 aliphatic rings. The third kappa shape index (κ3) is 2.87. The molecule has 1 aromatic heterocycles. The number of rotatable bonds is 3. The van der Waals surface area contributed by atoms with E-state index in [9.17, 15) is 0 Å². The number of H-pyrrole nitrogens is 1. The molecule has 0 unspecified atom stereocenters. The van der Waals surface area contributed by atoms with Gasteiger partial charge in [-0.15, -0.1) is 0 Å². The first-order valence-electron chi connectivity index (χ1n) is 8.22. The number of likely N-dealkylation sites (N-methyl/N-ethyl adjacent to an activating group) is 1. The van der Waals surface area contributed by atoms with Crippen LogP contribution in [0, 0.1) is 0 Å². The van der Waals surface area contributed by atoms with Gasteiger partial charge in [0.1, 0.15) is 0 Å². The van der Waals surface area contributed by atoms with Crippen LogP contribution in [0.25, 0.3) is 22.0 Å². The van der Waals surface area contributed by atoms with E-state index in [2.05, 4.69) is 69.5 Å². The SMILES string of the molecule is CN1CCN(Cc2ccccc2-c2cccc3[nH]ncc23)CC1. The number of benzene rings is 2. The summed E-state index contributed by atoms with van der Waals surface area (Å²) in [6.45, 7) is 5.60. The summed E-state index contributed by atoms with van der Waals surface area (Å²) in [4.78, 5) is 4.95. The second-order valence-corrected chi connectivity index (χ2v) is 6.37. The van der Waals surface area contributed by atoms with Crippen molar-refractivity contribution in [2.24, 2.45) is 0 Å². The monoisotopic (exact) mass is 306 g/mol. The predicted octanol–water partition coefficient (Wildman–Crippen LogP) is 2.98. The minimum atomic E-state index is 1.01. The molecule has 1 fully saturated rings. The Morgan fingerprint density at radius 2 is 1.74 bits per heavy atom. The molecule has 4 nitrogen and oxygen atoms in total. The van der Waals surface area contributed by atoms with Gasteiger partial charge < -0.3 is 4.90 Å². The van der Waals surface area contributed by atoms with Crippen molar-refractivity contribution < 1.29 is 0 Å². The van der Waals surface area contributed by atoms with Gasteiger partial charge in [-0.1, -0.05) is 36.4 Å². The lowest BCUT2D eigenvalue weighted by Gasteiger charge is -2.32. The topological polar surface area (TPSA) is 35.2 Å². The smallest absolute Gasteiger partial charge is 0.0656 e. The van der Waals surface area contributed by atoms with E-state index in [1.54, 1.807) is 0 Å². The van der Waals surface area contributed by atoms with Crippen molar-refractivity contribution in [3.8, 4) is 11.1 Å². The van der Waals surface area contributed by atoms with Gasteiger partial charge in [0.05, 0.1) is 11.7 Å². The lowest BCUT2D eigenvalue weighted by molar-refractivity contribution is 0.148. The fraction of sp³-hybridized carbons (Fsp3) is 0.316. The van der Waals surface area contributed by atoms with Crippen LogP contribution in [0.2, 0.25) is 0 Å². The molecule has 1 aliphatic heterocycles. The van der Waals surface area contributed by atoms with Gasteiger partial charge in [0, 0.05) is 38.1 Å². The maximum atomic E-state index is 4.20.